The van der Waals surface area contributed by atoms with Gasteiger partial charge in [0.1, 0.15) is 24.1 Å². The minimum atomic E-state index is -0.947. The summed E-state index contributed by atoms with van der Waals surface area (Å²) in [5, 5.41) is 2.77. The first-order valence-electron chi connectivity index (χ1n) is 8.40. The number of aromatic amines is 1. The van der Waals surface area contributed by atoms with Gasteiger partial charge in [-0.05, 0) is 6.92 Å². The summed E-state index contributed by atoms with van der Waals surface area (Å²) in [6.07, 6.45) is -1.87. The number of ether oxygens (including phenoxy) is 5. The lowest BCUT2D eigenvalue weighted by Gasteiger charge is -2.21. The topological polar surface area (TPSA) is 155 Å². The number of anilines is 1. The first kappa shape index (κ1) is 21.2. The van der Waals surface area contributed by atoms with Crippen molar-refractivity contribution in [3.05, 3.63) is 22.2 Å². The standard InChI is InChI=1S/C16H21N3O9/c1-4-25-14(21)10-6-17-15(22)19-12(10)18-13-11(27-8(2)20)5-9(28-13)7-26-16(23)24-3/h6,9,11,13H,4-5,7H2,1-3H3,(H2,17,18,19,22)/t9-,11+,13+/m0/s1. The zero-order valence-corrected chi connectivity index (χ0v) is 15.6. The zero-order valence-electron chi connectivity index (χ0n) is 15.6. The van der Waals surface area contributed by atoms with Crippen LogP contribution in [0.3, 0.4) is 0 Å². The van der Waals surface area contributed by atoms with Gasteiger partial charge in [0, 0.05) is 19.5 Å². The van der Waals surface area contributed by atoms with Crippen molar-refractivity contribution in [3.8, 4) is 0 Å². The van der Waals surface area contributed by atoms with Gasteiger partial charge in [0.2, 0.25) is 0 Å². The van der Waals surface area contributed by atoms with E-state index in [9.17, 15) is 19.2 Å². The minimum absolute atomic E-state index is 0.0270. The highest BCUT2D eigenvalue weighted by Gasteiger charge is 2.39. The number of hydrogen-bond acceptors (Lipinski definition) is 11. The van der Waals surface area contributed by atoms with E-state index in [1.165, 1.54) is 14.0 Å². The molecule has 2 heterocycles. The van der Waals surface area contributed by atoms with E-state index < -0.39 is 42.2 Å². The van der Waals surface area contributed by atoms with E-state index in [2.05, 4.69) is 20.0 Å². The molecule has 0 aromatic carbocycles. The average molecular weight is 399 g/mol. The Morgan fingerprint density at radius 2 is 2.11 bits per heavy atom. The maximum atomic E-state index is 12.1. The molecule has 1 aliphatic heterocycles. The molecular weight excluding hydrogens is 378 g/mol. The van der Waals surface area contributed by atoms with E-state index in [4.69, 9.17) is 18.9 Å². The summed E-state index contributed by atoms with van der Waals surface area (Å²) in [5.74, 6) is -1.36. The zero-order chi connectivity index (χ0) is 20.7. The number of H-pyrrole nitrogens is 1. The first-order valence-corrected chi connectivity index (χ1v) is 8.40. The van der Waals surface area contributed by atoms with Gasteiger partial charge in [-0.25, -0.2) is 14.4 Å². The maximum absolute atomic E-state index is 12.1. The Bertz CT molecular complexity index is 779. The predicted octanol–water partition coefficient (Wildman–Crippen LogP) is 0.188. The molecule has 0 bridgehead atoms. The van der Waals surface area contributed by atoms with Gasteiger partial charge in [-0.3, -0.25) is 4.79 Å². The van der Waals surface area contributed by atoms with Crippen molar-refractivity contribution < 1.29 is 38.1 Å². The first-order chi connectivity index (χ1) is 13.3. The average Bonchev–Trinajstić information content (AvgIpc) is 3.00. The van der Waals surface area contributed by atoms with E-state index in [0.29, 0.717) is 0 Å². The van der Waals surface area contributed by atoms with Crippen LogP contribution in [-0.4, -0.2) is 66.8 Å². The highest BCUT2D eigenvalue weighted by Crippen LogP contribution is 2.26. The second-order valence-electron chi connectivity index (χ2n) is 5.66. The monoisotopic (exact) mass is 399 g/mol. The number of esters is 2. The molecule has 3 atom stereocenters. The Labute approximate surface area is 159 Å². The Kier molecular flexibility index (Phi) is 7.32. The van der Waals surface area contributed by atoms with Gasteiger partial charge < -0.3 is 34.0 Å². The lowest BCUT2D eigenvalue weighted by atomic mass is 10.2. The fourth-order valence-electron chi connectivity index (χ4n) is 2.52. The van der Waals surface area contributed by atoms with E-state index in [1.54, 1.807) is 6.92 Å². The summed E-state index contributed by atoms with van der Waals surface area (Å²) in [6, 6.07) is 0. The highest BCUT2D eigenvalue weighted by molar-refractivity contribution is 5.94. The Balaban J connectivity index is 2.18. The molecule has 1 saturated heterocycles. The molecule has 154 valence electrons. The number of carbonyl (C=O) groups is 3. The second-order valence-corrected chi connectivity index (χ2v) is 5.66. The SMILES string of the molecule is CCOC(=O)c1c[nH]c(=O)nc1N[C@@H]1O[C@H](COC(=O)OC)C[C@H]1OC(C)=O. The number of nitrogens with zero attached hydrogens (tertiary/aromatic N) is 1. The van der Waals surface area contributed by atoms with Gasteiger partial charge in [0.05, 0.1) is 19.8 Å². The normalized spacial score (nSPS) is 20.9. The molecule has 1 aromatic rings. The smallest absolute Gasteiger partial charge is 0.462 e. The van der Waals surface area contributed by atoms with Gasteiger partial charge in [0.25, 0.3) is 0 Å². The quantitative estimate of drug-likeness (QED) is 0.476. The third-order valence-electron chi connectivity index (χ3n) is 3.63. The summed E-state index contributed by atoms with van der Waals surface area (Å²) in [5.41, 5.74) is -0.732. The number of methoxy groups -OCH3 is 1. The van der Waals surface area contributed by atoms with E-state index >= 15 is 0 Å². The number of nitrogens with one attached hydrogen (secondary N) is 2. The van der Waals surface area contributed by atoms with Crippen LogP contribution in [0.25, 0.3) is 0 Å². The van der Waals surface area contributed by atoms with Gasteiger partial charge >= 0.3 is 23.8 Å². The molecule has 1 aromatic heterocycles. The second kappa shape index (κ2) is 9.69. The van der Waals surface area contributed by atoms with Gasteiger partial charge in [-0.2, -0.15) is 4.98 Å². The van der Waals surface area contributed by atoms with Crippen LogP contribution >= 0.6 is 0 Å². The summed E-state index contributed by atoms with van der Waals surface area (Å²) < 4.78 is 25.0. The molecule has 28 heavy (non-hydrogen) atoms. The molecule has 1 aliphatic rings. The van der Waals surface area contributed by atoms with Crippen molar-refractivity contribution in [2.45, 2.75) is 38.7 Å². The molecular formula is C16H21N3O9. The molecule has 0 aliphatic carbocycles. The number of rotatable bonds is 7. The largest absolute Gasteiger partial charge is 0.508 e. The van der Waals surface area contributed by atoms with Gasteiger partial charge in [0.15, 0.2) is 6.23 Å². The van der Waals surface area contributed by atoms with Crippen LogP contribution in [0.5, 0.6) is 0 Å². The van der Waals surface area contributed by atoms with Crippen molar-refractivity contribution >= 4 is 23.9 Å². The van der Waals surface area contributed by atoms with Crippen molar-refractivity contribution in [2.75, 3.05) is 25.6 Å². The number of aromatic nitrogens is 2. The minimum Gasteiger partial charge on any atom is -0.462 e. The molecule has 0 saturated carbocycles. The number of carbonyl (C=O) groups excluding carboxylic acids is 3. The van der Waals surface area contributed by atoms with Gasteiger partial charge in [-0.15, -0.1) is 0 Å². The fourth-order valence-corrected chi connectivity index (χ4v) is 2.52. The van der Waals surface area contributed by atoms with Crippen LogP contribution in [0.4, 0.5) is 10.6 Å². The fraction of sp³-hybridized carbons (Fsp3) is 0.562. The maximum Gasteiger partial charge on any atom is 0.508 e. The molecule has 12 heteroatoms. The van der Waals surface area contributed by atoms with Crippen LogP contribution in [0, 0.1) is 0 Å². The summed E-state index contributed by atoms with van der Waals surface area (Å²) in [7, 11) is 1.17. The Hall–Kier alpha value is -3.15. The van der Waals surface area contributed by atoms with Crippen LogP contribution in [0.15, 0.2) is 11.0 Å². The molecule has 1 fully saturated rings. The van der Waals surface area contributed by atoms with Crippen LogP contribution in [0.2, 0.25) is 0 Å². The van der Waals surface area contributed by atoms with Crippen LogP contribution < -0.4 is 11.0 Å². The van der Waals surface area contributed by atoms with Crippen molar-refractivity contribution in [3.63, 3.8) is 0 Å². The lowest BCUT2D eigenvalue weighted by molar-refractivity contribution is -0.148. The number of hydrogen-bond donors (Lipinski definition) is 2. The van der Waals surface area contributed by atoms with Crippen LogP contribution in [0.1, 0.15) is 30.6 Å². The molecule has 0 spiro atoms. The Morgan fingerprint density at radius 1 is 1.36 bits per heavy atom. The molecule has 2 rings (SSSR count). The predicted molar refractivity (Wildman–Crippen MR) is 91.6 cm³/mol. The van der Waals surface area contributed by atoms with Crippen molar-refractivity contribution in [1.82, 2.24) is 9.97 Å². The molecule has 0 radical (unpaired) electrons. The summed E-state index contributed by atoms with van der Waals surface area (Å²) in [4.78, 5) is 52.1. The lowest BCUT2D eigenvalue weighted by Crippen LogP contribution is -2.35. The summed E-state index contributed by atoms with van der Waals surface area (Å²) >= 11 is 0. The van der Waals surface area contributed by atoms with Gasteiger partial charge in [-0.1, -0.05) is 0 Å². The molecule has 2 N–H and O–H groups in total. The Morgan fingerprint density at radius 3 is 2.75 bits per heavy atom. The van der Waals surface area contributed by atoms with Crippen molar-refractivity contribution in [1.29, 1.82) is 0 Å². The molecule has 0 amide bonds. The van der Waals surface area contributed by atoms with E-state index in [0.717, 1.165) is 6.20 Å². The van der Waals surface area contributed by atoms with E-state index in [1.807, 2.05) is 0 Å². The highest BCUT2D eigenvalue weighted by atomic mass is 16.7. The third-order valence-corrected chi connectivity index (χ3v) is 3.63. The third kappa shape index (κ3) is 5.67. The van der Waals surface area contributed by atoms with E-state index in [-0.39, 0.29) is 31.0 Å². The molecule has 12 nitrogen and oxygen atoms in total. The summed E-state index contributed by atoms with van der Waals surface area (Å²) in [6.45, 7) is 2.84. The van der Waals surface area contributed by atoms with Crippen LogP contribution in [-0.2, 0) is 28.5 Å². The molecule has 0 unspecified atom stereocenters. The van der Waals surface area contributed by atoms with Crippen molar-refractivity contribution in [2.24, 2.45) is 0 Å².